The largest absolute Gasteiger partial charge is 0.497 e. The molecule has 4 nitrogen and oxygen atoms in total. The zero-order chi connectivity index (χ0) is 37.6. The van der Waals surface area contributed by atoms with Crippen LogP contribution in [0, 0.1) is 6.92 Å². The Morgan fingerprint density at radius 2 is 1.51 bits per heavy atom. The van der Waals surface area contributed by atoms with Crippen LogP contribution in [0.15, 0.2) is 147 Å². The summed E-state index contributed by atoms with van der Waals surface area (Å²) in [5.41, 5.74) is 7.20. The molecule has 6 aromatic rings. The van der Waals surface area contributed by atoms with Crippen molar-refractivity contribution in [3.8, 4) is 17.2 Å². The number of hydrogen-bond donors (Lipinski definition) is 0. The molecule has 1 aliphatic rings. The summed E-state index contributed by atoms with van der Waals surface area (Å²) in [6.45, 7) is 10.5. The smallest absolute Gasteiger partial charge is 0.161 e. The Hall–Kier alpha value is -4.21. The Labute approximate surface area is 332 Å². The molecule has 0 N–H and O–H groups in total. The molecular formula is C45H47NO3S4. The third kappa shape index (κ3) is 10.7. The van der Waals surface area contributed by atoms with Crippen molar-refractivity contribution in [3.05, 3.63) is 159 Å². The van der Waals surface area contributed by atoms with Crippen LogP contribution in [0.5, 0.6) is 17.2 Å². The average Bonchev–Trinajstić information content (AvgIpc) is 3.93. The summed E-state index contributed by atoms with van der Waals surface area (Å²) in [4.78, 5) is 10.00. The number of fused-ring (bicyclic) bond motifs is 1. The number of hydrogen-bond acceptors (Lipinski definition) is 8. The monoisotopic (exact) mass is 777 g/mol. The van der Waals surface area contributed by atoms with E-state index in [-0.39, 0.29) is 5.25 Å². The number of allylic oxidation sites excluding steroid dienone is 1. The fraction of sp³-hybridized carbons (Fsp3) is 0.222. The fourth-order valence-electron chi connectivity index (χ4n) is 5.74. The summed E-state index contributed by atoms with van der Waals surface area (Å²) >= 11 is 7.26. The highest BCUT2D eigenvalue weighted by atomic mass is 32.2. The lowest BCUT2D eigenvalue weighted by Crippen LogP contribution is -2.03. The number of para-hydroxylation sites is 1. The van der Waals surface area contributed by atoms with E-state index in [9.17, 15) is 0 Å². The first kappa shape index (κ1) is 40.0. The molecule has 4 aromatic carbocycles. The lowest BCUT2D eigenvalue weighted by atomic mass is 10.0. The molecule has 2 atom stereocenters. The summed E-state index contributed by atoms with van der Waals surface area (Å²) in [6.07, 6.45) is 1.79. The van der Waals surface area contributed by atoms with Gasteiger partial charge < -0.3 is 14.2 Å². The van der Waals surface area contributed by atoms with Crippen molar-refractivity contribution in [1.82, 2.24) is 0 Å². The molecule has 8 heteroatoms. The van der Waals surface area contributed by atoms with E-state index >= 15 is 0 Å². The standard InChI is InChI=1S/C23H24O2S2.C20H17NOS2.C2H6/c1-16-8-5-6-9-22(16)27-23(14-17(2)21-10-7-13-26-21)18-11-12-19(24-3)20(15-18)25-4;1-22-15-10-8-14(9-11-15)20-13-17(18-7-4-12-23-18)21-16-5-2-3-6-19(16)24-20;1-2/h5-13,15,23H,2,14H2,1,3-4H3;2-12,20H,13H2,1H3;1-2H3. The molecule has 0 fully saturated rings. The van der Waals surface area contributed by atoms with Gasteiger partial charge >= 0.3 is 0 Å². The number of rotatable bonds is 11. The molecule has 1 aliphatic heterocycles. The minimum atomic E-state index is 0.237. The predicted molar refractivity (Wildman–Crippen MR) is 232 cm³/mol. The van der Waals surface area contributed by atoms with Crippen molar-refractivity contribution >= 4 is 63.2 Å². The lowest BCUT2D eigenvalue weighted by Gasteiger charge is -2.20. The Kier molecular flexibility index (Phi) is 15.3. The van der Waals surface area contributed by atoms with E-state index in [2.05, 4.69) is 121 Å². The van der Waals surface area contributed by atoms with E-state index in [1.807, 2.05) is 55.6 Å². The molecule has 0 bridgehead atoms. The van der Waals surface area contributed by atoms with Crippen LogP contribution in [0.3, 0.4) is 0 Å². The van der Waals surface area contributed by atoms with Gasteiger partial charge in [-0.2, -0.15) is 0 Å². The number of ether oxygens (including phenoxy) is 3. The number of nitrogens with zero attached hydrogens (tertiary/aromatic N) is 1. The maximum absolute atomic E-state index is 5.52. The topological polar surface area (TPSA) is 40.0 Å². The van der Waals surface area contributed by atoms with E-state index < -0.39 is 0 Å². The van der Waals surface area contributed by atoms with Crippen molar-refractivity contribution in [2.45, 2.75) is 53.9 Å². The van der Waals surface area contributed by atoms with Crippen LogP contribution >= 0.6 is 46.2 Å². The molecule has 274 valence electrons. The highest BCUT2D eigenvalue weighted by molar-refractivity contribution is 8.00. The van der Waals surface area contributed by atoms with Gasteiger partial charge in [-0.05, 0) is 101 Å². The zero-order valence-electron chi connectivity index (χ0n) is 31.2. The van der Waals surface area contributed by atoms with Crippen molar-refractivity contribution in [1.29, 1.82) is 0 Å². The van der Waals surface area contributed by atoms with Crippen LogP contribution in [-0.4, -0.2) is 27.0 Å². The van der Waals surface area contributed by atoms with Gasteiger partial charge in [0.2, 0.25) is 0 Å². The molecule has 2 unspecified atom stereocenters. The summed E-state index contributed by atoms with van der Waals surface area (Å²) in [5.74, 6) is 2.40. The second-order valence-electron chi connectivity index (χ2n) is 11.9. The molecule has 7 rings (SSSR count). The minimum absolute atomic E-state index is 0.237. The van der Waals surface area contributed by atoms with Gasteiger partial charge in [-0.25, -0.2) is 0 Å². The van der Waals surface area contributed by atoms with E-state index in [1.54, 1.807) is 44.0 Å². The second kappa shape index (κ2) is 20.3. The first-order chi connectivity index (χ1) is 25.9. The van der Waals surface area contributed by atoms with Crippen LogP contribution in [-0.2, 0) is 0 Å². The van der Waals surface area contributed by atoms with Gasteiger partial charge in [0.25, 0.3) is 0 Å². The first-order valence-corrected chi connectivity index (χ1v) is 21.1. The predicted octanol–water partition coefficient (Wildman–Crippen LogP) is 14.2. The second-order valence-corrected chi connectivity index (χ2v) is 16.2. The zero-order valence-corrected chi connectivity index (χ0v) is 34.5. The van der Waals surface area contributed by atoms with Crippen molar-refractivity contribution in [3.63, 3.8) is 0 Å². The number of aliphatic imine (C=N–C) groups is 1. The molecule has 0 spiro atoms. The Morgan fingerprint density at radius 3 is 2.19 bits per heavy atom. The number of benzene rings is 4. The molecular weight excluding hydrogens is 731 g/mol. The number of thiophene rings is 2. The Balaban J connectivity index is 0.000000196. The summed E-state index contributed by atoms with van der Waals surface area (Å²) < 4.78 is 16.2. The molecule has 0 saturated heterocycles. The maximum Gasteiger partial charge on any atom is 0.161 e. The van der Waals surface area contributed by atoms with Gasteiger partial charge in [-0.15, -0.1) is 46.2 Å². The molecule has 0 radical (unpaired) electrons. The van der Waals surface area contributed by atoms with Crippen LogP contribution in [0.4, 0.5) is 5.69 Å². The van der Waals surface area contributed by atoms with E-state index in [4.69, 9.17) is 19.2 Å². The van der Waals surface area contributed by atoms with Crippen molar-refractivity contribution in [2.75, 3.05) is 21.3 Å². The van der Waals surface area contributed by atoms with Gasteiger partial charge in [0, 0.05) is 36.5 Å². The van der Waals surface area contributed by atoms with Gasteiger partial charge in [0.05, 0.1) is 32.7 Å². The van der Waals surface area contributed by atoms with E-state index in [0.29, 0.717) is 5.25 Å². The third-order valence-corrected chi connectivity index (χ3v) is 13.2. The molecule has 0 saturated carbocycles. The van der Waals surface area contributed by atoms with Crippen molar-refractivity contribution in [2.24, 2.45) is 4.99 Å². The summed E-state index contributed by atoms with van der Waals surface area (Å²) in [5, 5.41) is 4.80. The first-order valence-electron chi connectivity index (χ1n) is 17.6. The number of thioether (sulfide) groups is 2. The maximum atomic E-state index is 5.52. The van der Waals surface area contributed by atoms with Gasteiger partial charge in [-0.3, -0.25) is 4.99 Å². The third-order valence-electron chi connectivity index (χ3n) is 8.51. The fourth-order valence-corrected chi connectivity index (χ4v) is 9.69. The average molecular weight is 778 g/mol. The van der Waals surface area contributed by atoms with Crippen LogP contribution in [0.1, 0.15) is 63.6 Å². The highest BCUT2D eigenvalue weighted by Crippen LogP contribution is 2.47. The van der Waals surface area contributed by atoms with Crippen LogP contribution in [0.25, 0.3) is 5.57 Å². The normalized spacial score (nSPS) is 13.8. The minimum Gasteiger partial charge on any atom is -0.497 e. The SMILES string of the molecule is C=C(CC(Sc1ccccc1C)c1ccc(OC)c(OC)c1)c1cccs1.CC.COc1ccc(C2CC(c3cccs3)=Nc3ccccc3S2)cc1. The van der Waals surface area contributed by atoms with Gasteiger partial charge in [-0.1, -0.05) is 81.1 Å². The highest BCUT2D eigenvalue weighted by Gasteiger charge is 2.23. The number of aryl methyl sites for hydroxylation is 1. The van der Waals surface area contributed by atoms with E-state index in [1.165, 1.54) is 41.9 Å². The Bertz CT molecular complexity index is 2050. The summed E-state index contributed by atoms with van der Waals surface area (Å²) in [7, 11) is 5.04. The van der Waals surface area contributed by atoms with Gasteiger partial charge in [0.1, 0.15) is 5.75 Å². The van der Waals surface area contributed by atoms with E-state index in [0.717, 1.165) is 41.4 Å². The van der Waals surface area contributed by atoms with Crippen molar-refractivity contribution < 1.29 is 14.2 Å². The molecule has 2 aromatic heterocycles. The molecule has 0 aliphatic carbocycles. The number of methoxy groups -OCH3 is 3. The van der Waals surface area contributed by atoms with Crippen LogP contribution in [0.2, 0.25) is 0 Å². The van der Waals surface area contributed by atoms with Gasteiger partial charge in [0.15, 0.2) is 11.5 Å². The molecule has 53 heavy (non-hydrogen) atoms. The molecule has 0 amide bonds. The quantitative estimate of drug-likeness (QED) is 0.123. The molecule has 3 heterocycles. The summed E-state index contributed by atoms with van der Waals surface area (Å²) in [6, 6.07) is 40.0. The van der Waals surface area contributed by atoms with Crippen LogP contribution < -0.4 is 14.2 Å². The lowest BCUT2D eigenvalue weighted by molar-refractivity contribution is 0.354. The Morgan fingerprint density at radius 1 is 0.792 bits per heavy atom.